The highest BCUT2D eigenvalue weighted by Gasteiger charge is 2.32. The van der Waals surface area contributed by atoms with Crippen LogP contribution in [0.25, 0.3) is 0 Å². The molecule has 7 heteroatoms. The van der Waals surface area contributed by atoms with E-state index in [9.17, 15) is 4.79 Å². The minimum atomic E-state index is -0.329. The maximum absolute atomic E-state index is 13.2. The third kappa shape index (κ3) is 3.14. The Balaban J connectivity index is 1.48. The first-order chi connectivity index (χ1) is 12.6. The van der Waals surface area contributed by atoms with Crippen molar-refractivity contribution < 1.29 is 14.3 Å². The average molecular weight is 356 g/mol. The van der Waals surface area contributed by atoms with Gasteiger partial charge in [-0.2, -0.15) is 0 Å². The van der Waals surface area contributed by atoms with E-state index in [4.69, 9.17) is 9.47 Å². The van der Waals surface area contributed by atoms with E-state index in [1.165, 1.54) is 0 Å². The number of nitrogens with zero attached hydrogens (tertiary/aromatic N) is 3. The normalized spacial score (nSPS) is 18.3. The van der Waals surface area contributed by atoms with E-state index in [-0.39, 0.29) is 18.7 Å². The number of benzene rings is 1. The Kier molecular flexibility index (Phi) is 4.55. The molecule has 0 radical (unpaired) electrons. The Hall–Kier alpha value is -2.54. The van der Waals surface area contributed by atoms with Crippen molar-refractivity contribution in [1.29, 1.82) is 0 Å². The Morgan fingerprint density at radius 1 is 1.27 bits per heavy atom. The standard InChI is InChI=1S/C19H24N4O3/c1-22(2)17(14-3-4-15-16(11-14)26-12-25-15)19(24)23-9-5-13(6-10-23)18-20-7-8-21-18/h3-4,7-8,11,13,17H,5-6,9-10,12H2,1-2H3,(H,20,21). The molecule has 1 aromatic heterocycles. The van der Waals surface area contributed by atoms with Gasteiger partial charge in [0.1, 0.15) is 11.9 Å². The molecular weight excluding hydrogens is 332 g/mol. The lowest BCUT2D eigenvalue weighted by Crippen LogP contribution is -2.44. The van der Waals surface area contributed by atoms with Gasteiger partial charge in [-0.25, -0.2) is 4.98 Å². The van der Waals surface area contributed by atoms with Crippen molar-refractivity contribution in [2.45, 2.75) is 24.8 Å². The molecule has 3 heterocycles. The summed E-state index contributed by atoms with van der Waals surface area (Å²) in [5.41, 5.74) is 0.928. The molecule has 1 fully saturated rings. The quantitative estimate of drug-likeness (QED) is 0.909. The second-order valence-electron chi connectivity index (χ2n) is 7.05. The number of piperidine rings is 1. The van der Waals surface area contributed by atoms with Crippen molar-refractivity contribution in [3.63, 3.8) is 0 Å². The molecule has 1 saturated heterocycles. The third-order valence-corrected chi connectivity index (χ3v) is 5.18. The number of rotatable bonds is 4. The number of fused-ring (bicyclic) bond motifs is 1. The molecule has 1 amide bonds. The van der Waals surface area contributed by atoms with Crippen LogP contribution in [-0.4, -0.2) is 59.7 Å². The van der Waals surface area contributed by atoms with Crippen LogP contribution >= 0.6 is 0 Å². The molecule has 1 N–H and O–H groups in total. The summed E-state index contributed by atoms with van der Waals surface area (Å²) in [6.45, 7) is 1.73. The molecule has 1 atom stereocenters. The lowest BCUT2D eigenvalue weighted by atomic mass is 9.94. The number of likely N-dealkylation sites (N-methyl/N-ethyl adjacent to an activating group) is 1. The van der Waals surface area contributed by atoms with Crippen molar-refractivity contribution >= 4 is 5.91 Å². The summed E-state index contributed by atoms with van der Waals surface area (Å²) < 4.78 is 10.9. The van der Waals surface area contributed by atoms with Gasteiger partial charge in [0.15, 0.2) is 11.5 Å². The Bertz CT molecular complexity index is 767. The van der Waals surface area contributed by atoms with Crippen LogP contribution in [0.15, 0.2) is 30.6 Å². The molecule has 26 heavy (non-hydrogen) atoms. The van der Waals surface area contributed by atoms with Gasteiger partial charge in [0.2, 0.25) is 12.7 Å². The highest BCUT2D eigenvalue weighted by Crippen LogP contribution is 2.36. The van der Waals surface area contributed by atoms with Crippen LogP contribution in [-0.2, 0) is 4.79 Å². The monoisotopic (exact) mass is 356 g/mol. The molecule has 0 bridgehead atoms. The van der Waals surface area contributed by atoms with Gasteiger partial charge >= 0.3 is 0 Å². The smallest absolute Gasteiger partial charge is 0.244 e. The van der Waals surface area contributed by atoms with Gasteiger partial charge < -0.3 is 19.4 Å². The Morgan fingerprint density at radius 2 is 2.04 bits per heavy atom. The summed E-state index contributed by atoms with van der Waals surface area (Å²) in [6, 6.07) is 5.42. The molecule has 7 nitrogen and oxygen atoms in total. The molecule has 4 rings (SSSR count). The van der Waals surface area contributed by atoms with Crippen molar-refractivity contribution in [3.05, 3.63) is 42.0 Å². The number of likely N-dealkylation sites (tertiary alicyclic amines) is 1. The zero-order valence-electron chi connectivity index (χ0n) is 15.1. The van der Waals surface area contributed by atoms with Gasteiger partial charge in [-0.05, 0) is 44.6 Å². The lowest BCUT2D eigenvalue weighted by molar-refractivity contribution is -0.137. The van der Waals surface area contributed by atoms with Crippen molar-refractivity contribution in [2.75, 3.05) is 34.0 Å². The first-order valence-corrected chi connectivity index (χ1v) is 8.97. The van der Waals surface area contributed by atoms with E-state index in [0.717, 1.165) is 43.1 Å². The number of carbonyl (C=O) groups is 1. The fourth-order valence-electron chi connectivity index (χ4n) is 3.79. The fraction of sp³-hybridized carbons (Fsp3) is 0.474. The summed E-state index contributed by atoms with van der Waals surface area (Å²) in [5.74, 6) is 3.00. The van der Waals surface area contributed by atoms with Crippen LogP contribution in [0.3, 0.4) is 0 Å². The predicted molar refractivity (Wildman–Crippen MR) is 96.1 cm³/mol. The summed E-state index contributed by atoms with van der Waals surface area (Å²) in [6.07, 6.45) is 5.50. The molecule has 1 aromatic carbocycles. The third-order valence-electron chi connectivity index (χ3n) is 5.18. The summed E-state index contributed by atoms with van der Waals surface area (Å²) in [4.78, 5) is 24.7. The van der Waals surface area contributed by atoms with Crippen LogP contribution in [0.5, 0.6) is 11.5 Å². The zero-order valence-corrected chi connectivity index (χ0v) is 15.1. The van der Waals surface area contributed by atoms with E-state index in [1.807, 2.05) is 48.3 Å². The van der Waals surface area contributed by atoms with E-state index in [1.54, 1.807) is 6.20 Å². The highest BCUT2D eigenvalue weighted by molar-refractivity contribution is 5.83. The number of amides is 1. The van der Waals surface area contributed by atoms with Crippen molar-refractivity contribution in [3.8, 4) is 11.5 Å². The topological polar surface area (TPSA) is 70.7 Å². The van der Waals surface area contributed by atoms with Gasteiger partial charge in [0.25, 0.3) is 0 Å². The zero-order chi connectivity index (χ0) is 18.1. The molecule has 2 aliphatic rings. The van der Waals surface area contributed by atoms with E-state index in [2.05, 4.69) is 9.97 Å². The number of hydrogen-bond acceptors (Lipinski definition) is 5. The number of carbonyl (C=O) groups excluding carboxylic acids is 1. The van der Waals surface area contributed by atoms with Gasteiger partial charge in [0.05, 0.1) is 0 Å². The van der Waals surface area contributed by atoms with Gasteiger partial charge in [-0.3, -0.25) is 9.69 Å². The van der Waals surface area contributed by atoms with Gasteiger partial charge in [0, 0.05) is 31.4 Å². The molecule has 2 aliphatic heterocycles. The Labute approximate surface area is 152 Å². The first-order valence-electron chi connectivity index (χ1n) is 8.97. The summed E-state index contributed by atoms with van der Waals surface area (Å²) in [7, 11) is 3.87. The molecule has 138 valence electrons. The molecular formula is C19H24N4O3. The number of nitrogens with one attached hydrogen (secondary N) is 1. The first kappa shape index (κ1) is 16.9. The summed E-state index contributed by atoms with van der Waals surface area (Å²) in [5, 5.41) is 0. The number of aromatic nitrogens is 2. The molecule has 0 aliphatic carbocycles. The highest BCUT2D eigenvalue weighted by atomic mass is 16.7. The second kappa shape index (κ2) is 6.99. The Morgan fingerprint density at radius 3 is 2.73 bits per heavy atom. The van der Waals surface area contributed by atoms with Crippen molar-refractivity contribution in [1.82, 2.24) is 19.8 Å². The minimum Gasteiger partial charge on any atom is -0.454 e. The van der Waals surface area contributed by atoms with Crippen LogP contribution in [0.2, 0.25) is 0 Å². The predicted octanol–water partition coefficient (Wildman–Crippen LogP) is 2.15. The number of ether oxygens (including phenoxy) is 2. The number of aromatic amines is 1. The lowest BCUT2D eigenvalue weighted by Gasteiger charge is -2.35. The second-order valence-corrected chi connectivity index (χ2v) is 7.05. The summed E-state index contributed by atoms with van der Waals surface area (Å²) >= 11 is 0. The molecule has 1 unspecified atom stereocenters. The minimum absolute atomic E-state index is 0.131. The molecule has 0 spiro atoms. The maximum Gasteiger partial charge on any atom is 0.244 e. The number of H-pyrrole nitrogens is 1. The fourth-order valence-corrected chi connectivity index (χ4v) is 3.79. The van der Waals surface area contributed by atoms with E-state index >= 15 is 0 Å². The van der Waals surface area contributed by atoms with Crippen LogP contribution in [0.1, 0.15) is 36.2 Å². The van der Waals surface area contributed by atoms with Crippen LogP contribution in [0, 0.1) is 0 Å². The average Bonchev–Trinajstić information content (AvgIpc) is 3.33. The van der Waals surface area contributed by atoms with Gasteiger partial charge in [-0.1, -0.05) is 6.07 Å². The van der Waals surface area contributed by atoms with Crippen molar-refractivity contribution in [2.24, 2.45) is 0 Å². The van der Waals surface area contributed by atoms with E-state index < -0.39 is 0 Å². The number of hydrogen-bond donors (Lipinski definition) is 1. The SMILES string of the molecule is CN(C)C(C(=O)N1CCC(c2ncc[nH]2)CC1)c1ccc2c(c1)OCO2. The van der Waals surface area contributed by atoms with Gasteiger partial charge in [-0.15, -0.1) is 0 Å². The maximum atomic E-state index is 13.2. The number of imidazole rings is 1. The largest absolute Gasteiger partial charge is 0.454 e. The van der Waals surface area contributed by atoms with E-state index in [0.29, 0.717) is 11.7 Å². The molecule has 0 saturated carbocycles. The molecule has 2 aromatic rings. The van der Waals surface area contributed by atoms with Crippen LogP contribution in [0.4, 0.5) is 0 Å². The van der Waals surface area contributed by atoms with Crippen LogP contribution < -0.4 is 9.47 Å².